The van der Waals surface area contributed by atoms with Gasteiger partial charge in [-0.2, -0.15) is 0 Å². The normalized spacial score (nSPS) is 12.3. The van der Waals surface area contributed by atoms with Gasteiger partial charge in [-0.3, -0.25) is 13.9 Å². The van der Waals surface area contributed by atoms with E-state index in [0.717, 1.165) is 16.4 Å². The first-order valence-corrected chi connectivity index (χ1v) is 15.9. The molecule has 9 nitrogen and oxygen atoms in total. The molecule has 2 amide bonds. The van der Waals surface area contributed by atoms with Crippen LogP contribution >= 0.6 is 23.2 Å². The number of hydrogen-bond donors (Lipinski definition) is 1. The summed E-state index contributed by atoms with van der Waals surface area (Å²) >= 11 is 12.3. The molecule has 44 heavy (non-hydrogen) atoms. The van der Waals surface area contributed by atoms with Crippen LogP contribution < -0.4 is 19.1 Å². The average molecular weight is 669 g/mol. The highest BCUT2D eigenvalue weighted by atomic mass is 35.5. The summed E-state index contributed by atoms with van der Waals surface area (Å²) in [6.45, 7) is 6.42. The van der Waals surface area contributed by atoms with Crippen molar-refractivity contribution in [3.8, 4) is 11.5 Å². The van der Waals surface area contributed by atoms with Gasteiger partial charge in [0.25, 0.3) is 10.0 Å². The molecule has 1 N–H and O–H groups in total. The molecule has 0 spiro atoms. The Balaban J connectivity index is 2.12. The second-order valence-corrected chi connectivity index (χ2v) is 13.6. The van der Waals surface area contributed by atoms with Crippen LogP contribution in [-0.2, 0) is 26.2 Å². The van der Waals surface area contributed by atoms with Crippen molar-refractivity contribution in [2.24, 2.45) is 0 Å². The number of carbonyl (C=O) groups excluding carboxylic acids is 2. The van der Waals surface area contributed by atoms with Gasteiger partial charge >= 0.3 is 0 Å². The van der Waals surface area contributed by atoms with E-state index >= 15 is 0 Å². The van der Waals surface area contributed by atoms with Crippen LogP contribution in [0.15, 0.2) is 65.6 Å². The first kappa shape index (κ1) is 34.9. The highest BCUT2D eigenvalue weighted by Crippen LogP contribution is 2.33. The maximum atomic E-state index is 14.2. The summed E-state index contributed by atoms with van der Waals surface area (Å²) in [5, 5.41) is 3.47. The Morgan fingerprint density at radius 3 is 2.11 bits per heavy atom. The largest absolute Gasteiger partial charge is 0.493 e. The minimum atomic E-state index is -4.43. The van der Waals surface area contributed by atoms with E-state index in [1.54, 1.807) is 25.1 Å². The van der Waals surface area contributed by atoms with Crippen molar-refractivity contribution in [3.63, 3.8) is 0 Å². The summed E-state index contributed by atoms with van der Waals surface area (Å²) in [5.41, 5.74) is 0.0155. The maximum absolute atomic E-state index is 14.2. The molecule has 13 heteroatoms. The minimum Gasteiger partial charge on any atom is -0.493 e. The van der Waals surface area contributed by atoms with Crippen LogP contribution in [0.2, 0.25) is 10.0 Å². The molecule has 0 fully saturated rings. The minimum absolute atomic E-state index is 0.0382. The van der Waals surface area contributed by atoms with E-state index in [4.69, 9.17) is 32.7 Å². The van der Waals surface area contributed by atoms with Crippen molar-refractivity contribution in [2.45, 2.75) is 57.1 Å². The zero-order valence-corrected chi connectivity index (χ0v) is 27.7. The van der Waals surface area contributed by atoms with E-state index in [0.29, 0.717) is 16.3 Å². The number of halogens is 3. The number of carbonyl (C=O) groups is 2. The molecule has 0 saturated carbocycles. The number of amides is 2. The van der Waals surface area contributed by atoms with Gasteiger partial charge in [-0.1, -0.05) is 36.2 Å². The smallest absolute Gasteiger partial charge is 0.264 e. The fourth-order valence-corrected chi connectivity index (χ4v) is 6.20. The number of rotatable bonds is 12. The highest BCUT2D eigenvalue weighted by molar-refractivity contribution is 7.92. The Morgan fingerprint density at radius 2 is 1.57 bits per heavy atom. The van der Waals surface area contributed by atoms with Crippen molar-refractivity contribution in [1.82, 2.24) is 10.2 Å². The molecule has 0 unspecified atom stereocenters. The summed E-state index contributed by atoms with van der Waals surface area (Å²) in [6.07, 6.45) is 0.230. The molecule has 0 radical (unpaired) electrons. The van der Waals surface area contributed by atoms with Crippen molar-refractivity contribution in [3.05, 3.63) is 82.1 Å². The summed E-state index contributed by atoms with van der Waals surface area (Å²) in [7, 11) is -1.65. The van der Waals surface area contributed by atoms with E-state index in [9.17, 15) is 22.4 Å². The van der Waals surface area contributed by atoms with Gasteiger partial charge < -0.3 is 19.7 Å². The van der Waals surface area contributed by atoms with Crippen molar-refractivity contribution in [2.75, 3.05) is 25.1 Å². The van der Waals surface area contributed by atoms with Gasteiger partial charge in [0.15, 0.2) is 11.5 Å². The lowest BCUT2D eigenvalue weighted by molar-refractivity contribution is -0.141. The van der Waals surface area contributed by atoms with Crippen LogP contribution in [0.5, 0.6) is 11.5 Å². The SMILES string of the molecule is CC[C@@H](C(=O)NC(C)(C)C)N(Cc1ccc(Cl)c(Cl)c1)C(=O)CN(c1ccc(F)cc1)S(=O)(=O)c1ccc(OC)c(OC)c1. The Morgan fingerprint density at radius 1 is 0.932 bits per heavy atom. The molecular formula is C31H36Cl2FN3O6S. The van der Waals surface area contributed by atoms with Gasteiger partial charge in [-0.25, -0.2) is 12.8 Å². The van der Waals surface area contributed by atoms with Gasteiger partial charge in [-0.05, 0) is 81.3 Å². The third kappa shape index (κ3) is 8.55. The number of sulfonamides is 1. The van der Waals surface area contributed by atoms with E-state index in [1.165, 1.54) is 49.5 Å². The van der Waals surface area contributed by atoms with Gasteiger partial charge in [0.2, 0.25) is 11.8 Å². The van der Waals surface area contributed by atoms with E-state index < -0.39 is 45.8 Å². The molecule has 3 rings (SSSR count). The van der Waals surface area contributed by atoms with Gasteiger partial charge in [0, 0.05) is 18.2 Å². The third-order valence-corrected chi connectivity index (χ3v) is 9.07. The molecule has 3 aromatic rings. The summed E-state index contributed by atoms with van der Waals surface area (Å²) in [5.74, 6) is -1.22. The van der Waals surface area contributed by atoms with Crippen LogP contribution in [0, 0.1) is 5.82 Å². The number of benzene rings is 3. The van der Waals surface area contributed by atoms with Crippen LogP contribution in [0.4, 0.5) is 10.1 Å². The number of nitrogens with zero attached hydrogens (tertiary/aromatic N) is 2. The lowest BCUT2D eigenvalue weighted by Gasteiger charge is -2.34. The van der Waals surface area contributed by atoms with Crippen molar-refractivity contribution in [1.29, 1.82) is 0 Å². The molecule has 3 aromatic carbocycles. The summed E-state index contributed by atoms with van der Waals surface area (Å²) < 4.78 is 53.5. The fraction of sp³-hybridized carbons (Fsp3) is 0.355. The molecule has 1 atom stereocenters. The van der Waals surface area contributed by atoms with E-state index in [1.807, 2.05) is 20.8 Å². The van der Waals surface area contributed by atoms with Crippen LogP contribution in [0.25, 0.3) is 0 Å². The quantitative estimate of drug-likeness (QED) is 0.252. The van der Waals surface area contributed by atoms with E-state index in [2.05, 4.69) is 5.32 Å². The predicted molar refractivity (Wildman–Crippen MR) is 169 cm³/mol. The summed E-state index contributed by atoms with van der Waals surface area (Å²) in [4.78, 5) is 28.7. The third-order valence-electron chi connectivity index (χ3n) is 6.56. The zero-order chi connectivity index (χ0) is 32.8. The Kier molecular flexibility index (Phi) is 11.5. The molecular weight excluding hydrogens is 632 g/mol. The molecule has 238 valence electrons. The van der Waals surface area contributed by atoms with Crippen LogP contribution in [0.1, 0.15) is 39.7 Å². The standard InChI is InChI=1S/C31H36Cl2FN3O6S/c1-7-26(30(39)35-31(2,3)4)36(18-20-8-14-24(32)25(33)16-20)29(38)19-37(22-11-9-21(34)10-12-22)44(40,41)23-13-15-27(42-5)28(17-23)43-6/h8-17,26H,7,18-19H2,1-6H3,(H,35,39)/t26-/m0/s1. The molecule has 0 saturated heterocycles. The van der Waals surface area contributed by atoms with Crippen molar-refractivity contribution < 1.29 is 31.9 Å². The van der Waals surface area contributed by atoms with Crippen LogP contribution in [0.3, 0.4) is 0 Å². The van der Waals surface area contributed by atoms with Crippen molar-refractivity contribution >= 4 is 50.7 Å². The topological polar surface area (TPSA) is 105 Å². The molecule has 0 aromatic heterocycles. The second-order valence-electron chi connectivity index (χ2n) is 10.9. The molecule has 0 aliphatic heterocycles. The van der Waals surface area contributed by atoms with E-state index in [-0.39, 0.29) is 34.3 Å². The lowest BCUT2D eigenvalue weighted by atomic mass is 10.1. The molecule has 0 bridgehead atoms. The Bertz CT molecular complexity index is 1600. The van der Waals surface area contributed by atoms with Gasteiger partial charge in [-0.15, -0.1) is 0 Å². The number of methoxy groups -OCH3 is 2. The number of ether oxygens (including phenoxy) is 2. The monoisotopic (exact) mass is 667 g/mol. The average Bonchev–Trinajstić information content (AvgIpc) is 2.96. The number of hydrogen-bond acceptors (Lipinski definition) is 6. The molecule has 0 heterocycles. The Hall–Kier alpha value is -3.54. The second kappa shape index (κ2) is 14.5. The first-order chi connectivity index (χ1) is 20.6. The molecule has 0 aliphatic rings. The fourth-order valence-electron chi connectivity index (χ4n) is 4.45. The highest BCUT2D eigenvalue weighted by Gasteiger charge is 2.35. The lowest BCUT2D eigenvalue weighted by Crippen LogP contribution is -2.55. The zero-order valence-electron chi connectivity index (χ0n) is 25.4. The Labute approximate surface area is 267 Å². The maximum Gasteiger partial charge on any atom is 0.264 e. The predicted octanol–water partition coefficient (Wildman–Crippen LogP) is 6.07. The van der Waals surface area contributed by atoms with Gasteiger partial charge in [0.1, 0.15) is 18.4 Å². The van der Waals surface area contributed by atoms with Crippen LogP contribution in [-0.4, -0.2) is 57.5 Å². The van der Waals surface area contributed by atoms with Gasteiger partial charge in [0.05, 0.1) is 34.8 Å². The number of anilines is 1. The number of nitrogens with one attached hydrogen (secondary N) is 1. The first-order valence-electron chi connectivity index (χ1n) is 13.7. The summed E-state index contributed by atoms with van der Waals surface area (Å²) in [6, 6.07) is 12.6. The molecule has 0 aliphatic carbocycles.